The van der Waals surface area contributed by atoms with Crippen LogP contribution in [0, 0.1) is 0 Å². The van der Waals surface area contributed by atoms with Crippen molar-refractivity contribution in [3.05, 3.63) is 111 Å². The average molecular weight is 1490 g/mol. The largest absolute Gasteiger partial charge is 0.495 e. The molecule has 4 aliphatic heterocycles. The van der Waals surface area contributed by atoms with Crippen molar-refractivity contribution < 1.29 is 35.8 Å². The van der Waals surface area contributed by atoms with Gasteiger partial charge in [-0.05, 0) is 130 Å². The summed E-state index contributed by atoms with van der Waals surface area (Å²) in [5.74, 6) is 2.65. The summed E-state index contributed by atoms with van der Waals surface area (Å²) < 4.78 is 75.2. The highest BCUT2D eigenvalue weighted by atomic mass is 79.9. The van der Waals surface area contributed by atoms with Crippen LogP contribution < -0.4 is 49.6 Å². The fraction of sp³-hybridized carbons (Fsp3) is 0.438. The predicted octanol–water partition coefficient (Wildman–Crippen LogP) is 10.1. The molecule has 0 amide bonds. The summed E-state index contributed by atoms with van der Waals surface area (Å²) in [6.07, 6.45) is 18.1. The van der Waals surface area contributed by atoms with Gasteiger partial charge in [0.1, 0.15) is 45.5 Å². The zero-order chi connectivity index (χ0) is 67.6. The molecule has 0 aliphatic carbocycles. The second-order valence-electron chi connectivity index (χ2n) is 23.2. The number of aromatic nitrogens is 8. The third-order valence-electron chi connectivity index (χ3n) is 17.4. The lowest BCUT2D eigenvalue weighted by Gasteiger charge is -2.41. The molecule has 31 heteroatoms. The summed E-state index contributed by atoms with van der Waals surface area (Å²) in [4.78, 5) is 44.6. The number of nitrogens with two attached hydrogens (primary N) is 1. The number of piperidine rings is 2. The summed E-state index contributed by atoms with van der Waals surface area (Å²) in [7, 11) is -0.849. The van der Waals surface area contributed by atoms with Gasteiger partial charge in [-0.3, -0.25) is 38.3 Å². The number of anilines is 11. The maximum atomic E-state index is 12.6. The smallest absolute Gasteiger partial charge is 0.232 e. The molecule has 12 rings (SSSR count). The van der Waals surface area contributed by atoms with Gasteiger partial charge in [0.05, 0.1) is 95.9 Å². The van der Waals surface area contributed by atoms with Crippen molar-refractivity contribution in [2.75, 3.05) is 160 Å². The summed E-state index contributed by atoms with van der Waals surface area (Å²) >= 11 is 12.7. The number of fused-ring (bicyclic) bond motifs is 2. The zero-order valence-corrected chi connectivity index (χ0v) is 60.1. The van der Waals surface area contributed by atoms with Crippen LogP contribution in [0.2, 0.25) is 5.28 Å². The Morgan fingerprint density at radius 3 is 1.46 bits per heavy atom. The molecule has 4 aromatic heterocycles. The van der Waals surface area contributed by atoms with Crippen LogP contribution in [0.5, 0.6) is 11.5 Å². The van der Waals surface area contributed by atoms with Crippen molar-refractivity contribution in [2.24, 2.45) is 0 Å². The van der Waals surface area contributed by atoms with E-state index < -0.39 is 20.0 Å². The highest BCUT2D eigenvalue weighted by Crippen LogP contribution is 2.41. The number of morpholine rings is 2. The van der Waals surface area contributed by atoms with E-state index in [0.717, 1.165) is 138 Å². The average Bonchev–Trinajstić information content (AvgIpc) is 0.798. The second-order valence-corrected chi connectivity index (χ2v) is 29.3. The first-order valence-electron chi connectivity index (χ1n) is 31.3. The maximum absolute atomic E-state index is 12.6. The van der Waals surface area contributed by atoms with Gasteiger partial charge in [0.15, 0.2) is 0 Å². The van der Waals surface area contributed by atoms with Crippen molar-refractivity contribution in [2.45, 2.75) is 64.5 Å². The minimum Gasteiger partial charge on any atom is -0.495 e. The van der Waals surface area contributed by atoms with Gasteiger partial charge in [0.2, 0.25) is 31.3 Å². The first kappa shape index (κ1) is 70.5. The van der Waals surface area contributed by atoms with E-state index in [-0.39, 0.29) is 5.28 Å². The van der Waals surface area contributed by atoms with Crippen molar-refractivity contribution in [3.63, 3.8) is 0 Å². The Labute approximate surface area is 577 Å². The van der Waals surface area contributed by atoms with E-state index in [0.29, 0.717) is 89.2 Å². The molecule has 0 unspecified atom stereocenters. The lowest BCUT2D eigenvalue weighted by atomic mass is 10.00. The standard InChI is InChI=1S/C32H40BrN9O4S.C18H29N3O2.C14H12BrClN6O2S/c1-5-21-18-26(28(45-3)19-27(21)42-12-8-22(9-13-42)41-14-16-46-17-15-41)38-32-36-20-23(33)31(39-32)37-25-7-6-24-29(35-11-10-34-24)30(25)40(2)47(4,43)44;1-3-14-12-16(19)18(22-2)13-17(14)21-6-4-15(5-7-21)20-8-10-23-11-9-20;1-22(25(2,23)24)12-10(4-3-9-11(12)18-6-5-17-9)20-13-8(15)7-19-14(16)21-13/h6-7,10-11,18-20,22H,5,8-9,12-17H2,1-4H3,(H2,36,37,38,39);12-13,15H,3-11,19H2,1-2H3;3-7H,1-2H3,(H,19,20,21). The van der Waals surface area contributed by atoms with E-state index in [1.165, 1.54) is 72.3 Å². The molecule has 0 saturated carbocycles. The number of ether oxygens (including phenoxy) is 4. The van der Waals surface area contributed by atoms with Crippen LogP contribution in [0.1, 0.15) is 50.7 Å². The molecule has 4 aliphatic rings. The predicted molar refractivity (Wildman–Crippen MR) is 384 cm³/mol. The molecule has 4 fully saturated rings. The molecule has 8 heterocycles. The number of methoxy groups -OCH3 is 2. The number of halogens is 3. The first-order chi connectivity index (χ1) is 45.6. The molecular weight excluding hydrogens is 1410 g/mol. The fourth-order valence-corrected chi connectivity index (χ4v) is 14.0. The molecule has 508 valence electrons. The lowest BCUT2D eigenvalue weighted by Crippen LogP contribution is -2.49. The van der Waals surface area contributed by atoms with Gasteiger partial charge in [-0.15, -0.1) is 0 Å². The van der Waals surface area contributed by atoms with Gasteiger partial charge in [-0.2, -0.15) is 9.97 Å². The van der Waals surface area contributed by atoms with E-state index in [1.807, 2.05) is 0 Å². The van der Waals surface area contributed by atoms with Crippen LogP contribution >= 0.6 is 43.5 Å². The van der Waals surface area contributed by atoms with Gasteiger partial charge < -0.3 is 50.4 Å². The van der Waals surface area contributed by atoms with Crippen LogP contribution in [0.4, 0.5) is 63.1 Å². The maximum Gasteiger partial charge on any atom is 0.232 e. The topological polar surface area (TPSA) is 290 Å². The summed E-state index contributed by atoms with van der Waals surface area (Å²) in [5, 5.41) is 9.76. The van der Waals surface area contributed by atoms with Crippen LogP contribution in [-0.2, 0) is 42.4 Å². The summed E-state index contributed by atoms with van der Waals surface area (Å²) in [6, 6.07) is 16.7. The monoisotopic (exact) mass is 1490 g/mol. The molecule has 5 N–H and O–H groups in total. The van der Waals surface area contributed by atoms with Gasteiger partial charge in [0, 0.05) is 139 Å². The van der Waals surface area contributed by atoms with Crippen LogP contribution in [0.3, 0.4) is 0 Å². The summed E-state index contributed by atoms with van der Waals surface area (Å²) in [5.41, 5.74) is 16.3. The van der Waals surface area contributed by atoms with Crippen molar-refractivity contribution >= 4 is 149 Å². The Morgan fingerprint density at radius 2 is 1.01 bits per heavy atom. The second kappa shape index (κ2) is 31.7. The third-order valence-corrected chi connectivity index (χ3v) is 21.1. The minimum absolute atomic E-state index is 0.0595. The van der Waals surface area contributed by atoms with Gasteiger partial charge in [-0.1, -0.05) is 13.8 Å². The molecule has 26 nitrogen and oxygen atoms in total. The Hall–Kier alpha value is -7.29. The lowest BCUT2D eigenvalue weighted by molar-refractivity contribution is 0.0115. The number of rotatable bonds is 18. The zero-order valence-electron chi connectivity index (χ0n) is 54.5. The van der Waals surface area contributed by atoms with Crippen LogP contribution in [0.15, 0.2) is 94.7 Å². The summed E-state index contributed by atoms with van der Waals surface area (Å²) in [6.45, 7) is 16.2. The molecule has 8 aromatic rings. The van der Waals surface area contributed by atoms with Crippen molar-refractivity contribution in [3.8, 4) is 11.5 Å². The van der Waals surface area contributed by atoms with E-state index in [9.17, 15) is 16.8 Å². The number of sulfonamides is 2. The van der Waals surface area contributed by atoms with Crippen LogP contribution in [0.25, 0.3) is 22.1 Å². The normalized spacial score (nSPS) is 16.1. The number of aryl methyl sites for hydroxylation is 2. The number of hydrogen-bond donors (Lipinski definition) is 4. The van der Waals surface area contributed by atoms with E-state index in [1.54, 1.807) is 57.1 Å². The van der Waals surface area contributed by atoms with E-state index in [2.05, 4.69) is 140 Å². The Morgan fingerprint density at radius 1 is 0.579 bits per heavy atom. The van der Waals surface area contributed by atoms with Gasteiger partial charge >= 0.3 is 0 Å². The van der Waals surface area contributed by atoms with Crippen LogP contribution in [-0.4, -0.2) is 198 Å². The Kier molecular flexibility index (Phi) is 23.5. The fourth-order valence-electron chi connectivity index (χ4n) is 12.2. The number of benzene rings is 4. The highest BCUT2D eigenvalue weighted by Gasteiger charge is 2.30. The Balaban J connectivity index is 0.000000172. The van der Waals surface area contributed by atoms with Gasteiger partial charge in [-0.25, -0.2) is 26.8 Å². The first-order valence-corrected chi connectivity index (χ1v) is 37.0. The molecule has 0 radical (unpaired) electrons. The van der Waals surface area contributed by atoms with E-state index in [4.69, 9.17) is 41.3 Å². The number of nitrogens with zero attached hydrogens (tertiary/aromatic N) is 14. The molecular formula is C64H81Br2ClN18O8S2. The Bertz CT molecular complexity index is 4220. The third kappa shape index (κ3) is 17.1. The van der Waals surface area contributed by atoms with E-state index >= 15 is 0 Å². The molecule has 4 aromatic carbocycles. The minimum atomic E-state index is -3.61. The quantitative estimate of drug-likeness (QED) is 0.0459. The molecule has 0 atom stereocenters. The molecule has 0 bridgehead atoms. The molecule has 95 heavy (non-hydrogen) atoms. The number of hydrogen-bond acceptors (Lipinski definition) is 24. The van der Waals surface area contributed by atoms with Gasteiger partial charge in [0.25, 0.3) is 0 Å². The number of nitrogens with one attached hydrogen (secondary N) is 3. The van der Waals surface area contributed by atoms with Crippen molar-refractivity contribution in [1.29, 1.82) is 0 Å². The highest BCUT2D eigenvalue weighted by molar-refractivity contribution is 9.11. The molecule has 0 spiro atoms. The number of nitrogen functional groups attached to an aromatic ring is 1. The molecule has 4 saturated heterocycles. The SMILES string of the molecule is CCc1cc(N)c(OC)cc1N1CCC(N2CCOCC2)CC1.CCc1cc(Nc2ncc(Br)c(Nc3ccc4nccnc4c3N(C)S(C)(=O)=O)n2)c(OC)cc1N1CCC(N2CCOCC2)CC1.CN(c1c(Nc2nc(Cl)ncc2Br)ccc2nccnc12)S(C)(=O)=O. The van der Waals surface area contributed by atoms with Crippen molar-refractivity contribution in [1.82, 2.24) is 49.7 Å².